The Morgan fingerprint density at radius 1 is 1.11 bits per heavy atom. The fraction of sp³-hybridized carbons (Fsp3) is 0.714. The van der Waals surface area contributed by atoms with E-state index in [2.05, 4.69) is 39.8 Å². The summed E-state index contributed by atoms with van der Waals surface area (Å²) in [7, 11) is 0. The lowest BCUT2D eigenvalue weighted by Crippen LogP contribution is -2.61. The molecule has 7 unspecified atom stereocenters. The van der Waals surface area contributed by atoms with E-state index in [-0.39, 0.29) is 12.0 Å². The number of carbonyl (C=O) groups is 2. The Morgan fingerprint density at radius 2 is 1.80 bits per heavy atom. The van der Waals surface area contributed by atoms with E-state index in [0.29, 0.717) is 11.5 Å². The van der Waals surface area contributed by atoms with Gasteiger partial charge in [0.15, 0.2) is 18.5 Å². The van der Waals surface area contributed by atoms with E-state index in [1.54, 1.807) is 26.8 Å². The van der Waals surface area contributed by atoms with Crippen LogP contribution in [0.3, 0.4) is 0 Å². The number of hydrogen-bond acceptors (Lipinski definition) is 7. The predicted molar refractivity (Wildman–Crippen MR) is 134 cm³/mol. The molecule has 0 bridgehead atoms. The van der Waals surface area contributed by atoms with E-state index in [0.717, 1.165) is 25.7 Å². The molecule has 198 valence electrons. The third-order valence-electron chi connectivity index (χ3n) is 6.98. The van der Waals surface area contributed by atoms with Crippen molar-refractivity contribution in [2.75, 3.05) is 0 Å². The lowest BCUT2D eigenvalue weighted by molar-refractivity contribution is -0.308. The van der Waals surface area contributed by atoms with E-state index >= 15 is 0 Å². The van der Waals surface area contributed by atoms with Gasteiger partial charge in [0.05, 0.1) is 12.2 Å². The number of aliphatic hydroxyl groups is 1. The number of ether oxygens (including phenoxy) is 4. The van der Waals surface area contributed by atoms with Gasteiger partial charge in [0.2, 0.25) is 0 Å². The molecule has 7 heteroatoms. The van der Waals surface area contributed by atoms with E-state index in [1.807, 2.05) is 0 Å². The standard InChI is InChI=1S/C28H44O7/c1-9-19(6)27(31)35-25-24(30)20(7)32-28(26(25)33-21(8)29)34-23-15-18(5)12-10-11-17(4)13-14-22(23)16(2)3/h9,11,15-16,20,22-26,28,30H,10,12-14H2,1-8H3. The molecular formula is C28H44O7. The van der Waals surface area contributed by atoms with Gasteiger partial charge in [0.1, 0.15) is 6.10 Å². The van der Waals surface area contributed by atoms with Gasteiger partial charge < -0.3 is 24.1 Å². The summed E-state index contributed by atoms with van der Waals surface area (Å²) < 4.78 is 23.8. The highest BCUT2D eigenvalue weighted by Crippen LogP contribution is 2.34. The van der Waals surface area contributed by atoms with Crippen LogP contribution in [0.25, 0.3) is 0 Å². The summed E-state index contributed by atoms with van der Waals surface area (Å²) in [6.45, 7) is 14.9. The average Bonchev–Trinajstić information content (AvgIpc) is 2.77. The molecule has 7 nitrogen and oxygen atoms in total. The molecule has 7 atom stereocenters. The zero-order valence-electron chi connectivity index (χ0n) is 22.6. The van der Waals surface area contributed by atoms with Crippen molar-refractivity contribution in [2.45, 2.75) is 118 Å². The van der Waals surface area contributed by atoms with E-state index in [4.69, 9.17) is 18.9 Å². The first kappa shape index (κ1) is 29.3. The monoisotopic (exact) mass is 492 g/mol. The first-order valence-electron chi connectivity index (χ1n) is 12.8. The first-order chi connectivity index (χ1) is 16.4. The Balaban J connectivity index is 2.41. The van der Waals surface area contributed by atoms with Gasteiger partial charge in [-0.2, -0.15) is 0 Å². The largest absolute Gasteiger partial charge is 0.453 e. The Labute approximate surface area is 210 Å². The van der Waals surface area contributed by atoms with E-state index < -0.39 is 42.6 Å². The minimum Gasteiger partial charge on any atom is -0.453 e. The van der Waals surface area contributed by atoms with Crippen LogP contribution in [-0.4, -0.2) is 53.9 Å². The summed E-state index contributed by atoms with van der Waals surface area (Å²) in [4.78, 5) is 24.6. The maximum atomic E-state index is 12.6. The second-order valence-corrected chi connectivity index (χ2v) is 10.3. The molecule has 2 aliphatic rings. The van der Waals surface area contributed by atoms with Crippen molar-refractivity contribution in [1.82, 2.24) is 0 Å². The van der Waals surface area contributed by atoms with Gasteiger partial charge >= 0.3 is 11.9 Å². The maximum Gasteiger partial charge on any atom is 0.333 e. The van der Waals surface area contributed by atoms with Crippen molar-refractivity contribution < 1.29 is 33.6 Å². The summed E-state index contributed by atoms with van der Waals surface area (Å²) in [6.07, 6.45) is 4.52. The first-order valence-corrected chi connectivity index (χ1v) is 12.8. The topological polar surface area (TPSA) is 91.3 Å². The van der Waals surface area contributed by atoms with Gasteiger partial charge in [0, 0.05) is 12.5 Å². The summed E-state index contributed by atoms with van der Waals surface area (Å²) >= 11 is 0. The lowest BCUT2D eigenvalue weighted by atomic mass is 9.83. The molecule has 2 rings (SSSR count). The minimum atomic E-state index is -1.18. The second kappa shape index (κ2) is 13.4. The van der Waals surface area contributed by atoms with Crippen LogP contribution in [0, 0.1) is 11.8 Å². The number of allylic oxidation sites excluding steroid dienone is 4. The van der Waals surface area contributed by atoms with E-state index in [1.165, 1.54) is 18.1 Å². The minimum absolute atomic E-state index is 0.196. The molecule has 0 amide bonds. The molecule has 0 saturated carbocycles. The van der Waals surface area contributed by atoms with Crippen molar-refractivity contribution in [3.63, 3.8) is 0 Å². The second-order valence-electron chi connectivity index (χ2n) is 10.3. The van der Waals surface area contributed by atoms with Crippen LogP contribution < -0.4 is 0 Å². The molecule has 0 aromatic heterocycles. The highest BCUT2D eigenvalue weighted by atomic mass is 16.7. The number of aliphatic hydroxyl groups excluding tert-OH is 1. The number of esters is 2. The van der Waals surface area contributed by atoms with E-state index in [9.17, 15) is 14.7 Å². The zero-order chi connectivity index (χ0) is 26.3. The summed E-state index contributed by atoms with van der Waals surface area (Å²) in [6, 6.07) is 0. The quantitative estimate of drug-likeness (QED) is 0.316. The molecular weight excluding hydrogens is 448 g/mol. The fourth-order valence-corrected chi connectivity index (χ4v) is 4.58. The van der Waals surface area contributed by atoms with Crippen molar-refractivity contribution in [2.24, 2.45) is 11.8 Å². The van der Waals surface area contributed by atoms with Crippen LogP contribution >= 0.6 is 0 Å². The van der Waals surface area contributed by atoms with Gasteiger partial charge in [-0.3, -0.25) is 4.79 Å². The Hall–Kier alpha value is -1.96. The van der Waals surface area contributed by atoms with Crippen LogP contribution in [0.5, 0.6) is 0 Å². The van der Waals surface area contributed by atoms with Crippen LogP contribution in [0.1, 0.15) is 81.1 Å². The third-order valence-corrected chi connectivity index (χ3v) is 6.98. The van der Waals surface area contributed by atoms with Crippen molar-refractivity contribution >= 4 is 11.9 Å². The molecule has 1 heterocycles. The molecule has 1 saturated heterocycles. The summed E-state index contributed by atoms with van der Waals surface area (Å²) in [5.74, 6) is -0.627. The van der Waals surface area contributed by atoms with Crippen LogP contribution in [-0.2, 0) is 28.5 Å². The molecule has 35 heavy (non-hydrogen) atoms. The number of rotatable bonds is 6. The molecule has 0 spiro atoms. The predicted octanol–water partition coefficient (Wildman–Crippen LogP) is 5.03. The van der Waals surface area contributed by atoms with Crippen LogP contribution in [0.15, 0.2) is 34.9 Å². The smallest absolute Gasteiger partial charge is 0.333 e. The molecule has 0 aromatic carbocycles. The molecule has 0 radical (unpaired) electrons. The summed E-state index contributed by atoms with van der Waals surface area (Å²) in [5.41, 5.74) is 2.98. The van der Waals surface area contributed by atoms with Crippen LogP contribution in [0.4, 0.5) is 0 Å². The number of carbonyl (C=O) groups excluding carboxylic acids is 2. The molecule has 0 aromatic rings. The average molecular weight is 493 g/mol. The highest BCUT2D eigenvalue weighted by Gasteiger charge is 2.50. The normalized spacial score (nSPS) is 33.0. The van der Waals surface area contributed by atoms with Gasteiger partial charge in [-0.1, -0.05) is 43.2 Å². The van der Waals surface area contributed by atoms with Gasteiger partial charge in [-0.15, -0.1) is 0 Å². The third kappa shape index (κ3) is 8.29. The summed E-state index contributed by atoms with van der Waals surface area (Å²) in [5, 5.41) is 10.8. The van der Waals surface area contributed by atoms with Crippen LogP contribution in [0.2, 0.25) is 0 Å². The highest BCUT2D eigenvalue weighted by molar-refractivity contribution is 5.87. The maximum absolute atomic E-state index is 12.6. The van der Waals surface area contributed by atoms with Crippen molar-refractivity contribution in [1.29, 1.82) is 0 Å². The number of hydrogen-bond donors (Lipinski definition) is 1. The van der Waals surface area contributed by atoms with Gasteiger partial charge in [-0.25, -0.2) is 4.79 Å². The van der Waals surface area contributed by atoms with Crippen molar-refractivity contribution in [3.8, 4) is 0 Å². The molecule has 1 aliphatic heterocycles. The zero-order valence-corrected chi connectivity index (χ0v) is 22.6. The lowest BCUT2D eigenvalue weighted by Gasteiger charge is -2.44. The fourth-order valence-electron chi connectivity index (χ4n) is 4.58. The van der Waals surface area contributed by atoms with Gasteiger partial charge in [-0.05, 0) is 72.1 Å². The Bertz CT molecular complexity index is 825. The van der Waals surface area contributed by atoms with Gasteiger partial charge in [0.25, 0.3) is 0 Å². The molecule has 1 aliphatic carbocycles. The molecule has 1 N–H and O–H groups in total. The Kier molecular flexibility index (Phi) is 11.2. The SMILES string of the molecule is CC=C(C)C(=O)OC1C(O)C(C)OC(OC2C=C(C)CCC=C(C)CCC2C(C)C)C1OC(C)=O. The van der Waals surface area contributed by atoms with Crippen molar-refractivity contribution in [3.05, 3.63) is 34.9 Å². The molecule has 1 fully saturated rings. The Morgan fingerprint density at radius 3 is 2.40 bits per heavy atom.